The first-order valence-corrected chi connectivity index (χ1v) is 5.76. The molecule has 2 aromatic rings. The monoisotopic (exact) mass is 246 g/mol. The number of pyridine rings is 1. The first kappa shape index (κ1) is 12.5. The van der Waals surface area contributed by atoms with E-state index in [1.807, 2.05) is 25.2 Å². The van der Waals surface area contributed by atoms with Gasteiger partial charge in [-0.3, -0.25) is 4.98 Å². The standard InChI is InChI=1S/C14H15FN2O/c1-16-9-12-3-2-4-13(17-12)10-18-14-7-5-11(15)6-8-14/h2-8,16H,9-10H2,1H3. The molecule has 0 spiro atoms. The molecule has 0 fully saturated rings. The third kappa shape index (κ3) is 3.53. The molecule has 1 aromatic carbocycles. The maximum Gasteiger partial charge on any atom is 0.130 e. The summed E-state index contributed by atoms with van der Waals surface area (Å²) in [5.74, 6) is 0.369. The molecule has 0 aliphatic carbocycles. The van der Waals surface area contributed by atoms with Gasteiger partial charge in [0.05, 0.1) is 11.4 Å². The number of hydrogen-bond acceptors (Lipinski definition) is 3. The molecule has 1 heterocycles. The molecule has 94 valence electrons. The first-order chi connectivity index (χ1) is 8.78. The molecule has 2 rings (SSSR count). The Balaban J connectivity index is 1.97. The van der Waals surface area contributed by atoms with E-state index in [1.54, 1.807) is 12.1 Å². The van der Waals surface area contributed by atoms with Crippen LogP contribution in [-0.2, 0) is 13.2 Å². The van der Waals surface area contributed by atoms with Crippen LogP contribution >= 0.6 is 0 Å². The van der Waals surface area contributed by atoms with E-state index in [0.717, 1.165) is 17.9 Å². The van der Waals surface area contributed by atoms with Crippen molar-refractivity contribution < 1.29 is 9.13 Å². The molecule has 4 heteroatoms. The van der Waals surface area contributed by atoms with Gasteiger partial charge < -0.3 is 10.1 Å². The van der Waals surface area contributed by atoms with Gasteiger partial charge in [0.1, 0.15) is 18.2 Å². The van der Waals surface area contributed by atoms with Gasteiger partial charge in [0, 0.05) is 6.54 Å². The zero-order valence-electron chi connectivity index (χ0n) is 10.2. The van der Waals surface area contributed by atoms with Crippen molar-refractivity contribution in [3.05, 3.63) is 59.7 Å². The van der Waals surface area contributed by atoms with E-state index in [1.165, 1.54) is 12.1 Å². The molecule has 3 nitrogen and oxygen atoms in total. The second-order valence-electron chi connectivity index (χ2n) is 3.89. The lowest BCUT2D eigenvalue weighted by atomic mass is 10.3. The highest BCUT2D eigenvalue weighted by atomic mass is 19.1. The van der Waals surface area contributed by atoms with Gasteiger partial charge in [-0.05, 0) is 43.4 Å². The topological polar surface area (TPSA) is 34.1 Å². The Hall–Kier alpha value is -1.94. The summed E-state index contributed by atoms with van der Waals surface area (Å²) in [7, 11) is 1.88. The van der Waals surface area contributed by atoms with Gasteiger partial charge in [0.2, 0.25) is 0 Å². The highest BCUT2D eigenvalue weighted by Crippen LogP contribution is 2.12. The summed E-state index contributed by atoms with van der Waals surface area (Å²) in [4.78, 5) is 4.43. The maximum atomic E-state index is 12.7. The molecule has 1 aromatic heterocycles. The van der Waals surface area contributed by atoms with Gasteiger partial charge in [-0.1, -0.05) is 6.07 Å². The minimum absolute atomic E-state index is 0.267. The summed E-state index contributed by atoms with van der Waals surface area (Å²) in [5, 5.41) is 3.05. The summed E-state index contributed by atoms with van der Waals surface area (Å²) >= 11 is 0. The highest BCUT2D eigenvalue weighted by Gasteiger charge is 1.99. The summed E-state index contributed by atoms with van der Waals surface area (Å²) < 4.78 is 18.2. The molecule has 0 unspecified atom stereocenters. The molecular formula is C14H15FN2O. The van der Waals surface area contributed by atoms with Gasteiger partial charge in [0.25, 0.3) is 0 Å². The van der Waals surface area contributed by atoms with Gasteiger partial charge in [-0.2, -0.15) is 0 Å². The predicted octanol–water partition coefficient (Wildman–Crippen LogP) is 2.52. The van der Waals surface area contributed by atoms with E-state index in [0.29, 0.717) is 12.4 Å². The summed E-state index contributed by atoms with van der Waals surface area (Å²) in [5.41, 5.74) is 1.82. The molecule has 0 amide bonds. The van der Waals surface area contributed by atoms with Crippen molar-refractivity contribution in [2.24, 2.45) is 0 Å². The summed E-state index contributed by atoms with van der Waals surface area (Å²) in [6.07, 6.45) is 0. The SMILES string of the molecule is CNCc1cccc(COc2ccc(F)cc2)n1. The lowest BCUT2D eigenvalue weighted by molar-refractivity contribution is 0.300. The fourth-order valence-electron chi connectivity index (χ4n) is 1.58. The van der Waals surface area contributed by atoms with Crippen molar-refractivity contribution in [2.45, 2.75) is 13.2 Å². The average Bonchev–Trinajstić information content (AvgIpc) is 2.39. The third-order valence-corrected chi connectivity index (χ3v) is 2.42. The number of nitrogens with zero attached hydrogens (tertiary/aromatic N) is 1. The number of hydrogen-bond donors (Lipinski definition) is 1. The van der Waals surface area contributed by atoms with Crippen LogP contribution in [0, 0.1) is 5.82 Å². The van der Waals surface area contributed by atoms with Gasteiger partial charge in [0.15, 0.2) is 0 Å². The largest absolute Gasteiger partial charge is 0.487 e. The Morgan fingerprint density at radius 2 is 1.83 bits per heavy atom. The maximum absolute atomic E-state index is 12.7. The van der Waals surface area contributed by atoms with Gasteiger partial charge in [-0.25, -0.2) is 4.39 Å². The highest BCUT2D eigenvalue weighted by molar-refractivity contribution is 5.22. The number of aromatic nitrogens is 1. The number of halogens is 1. The molecule has 0 aliphatic rings. The van der Waals surface area contributed by atoms with Crippen LogP contribution in [-0.4, -0.2) is 12.0 Å². The molecule has 0 saturated heterocycles. The van der Waals surface area contributed by atoms with Crippen molar-refractivity contribution in [3.63, 3.8) is 0 Å². The van der Waals surface area contributed by atoms with Crippen molar-refractivity contribution in [1.29, 1.82) is 0 Å². The van der Waals surface area contributed by atoms with E-state index < -0.39 is 0 Å². The Kier molecular flexibility index (Phi) is 4.25. The third-order valence-electron chi connectivity index (χ3n) is 2.42. The van der Waals surface area contributed by atoms with E-state index in [4.69, 9.17) is 4.74 Å². The molecule has 0 atom stereocenters. The van der Waals surface area contributed by atoms with Crippen molar-refractivity contribution in [1.82, 2.24) is 10.3 Å². The van der Waals surface area contributed by atoms with Crippen molar-refractivity contribution in [2.75, 3.05) is 7.05 Å². The fourth-order valence-corrected chi connectivity index (χ4v) is 1.58. The number of rotatable bonds is 5. The van der Waals surface area contributed by atoms with Crippen LogP contribution in [0.25, 0.3) is 0 Å². The van der Waals surface area contributed by atoms with Crippen molar-refractivity contribution >= 4 is 0 Å². The second kappa shape index (κ2) is 6.12. The zero-order valence-corrected chi connectivity index (χ0v) is 10.2. The quantitative estimate of drug-likeness (QED) is 0.880. The van der Waals surface area contributed by atoms with Gasteiger partial charge >= 0.3 is 0 Å². The van der Waals surface area contributed by atoms with E-state index in [-0.39, 0.29) is 5.82 Å². The van der Waals surface area contributed by atoms with Crippen LogP contribution < -0.4 is 10.1 Å². The number of ether oxygens (including phenoxy) is 1. The number of benzene rings is 1. The predicted molar refractivity (Wildman–Crippen MR) is 67.7 cm³/mol. The Bertz CT molecular complexity index is 499. The molecule has 18 heavy (non-hydrogen) atoms. The summed E-state index contributed by atoms with van der Waals surface area (Å²) in [6, 6.07) is 11.8. The molecule has 1 N–H and O–H groups in total. The van der Waals surface area contributed by atoms with E-state index >= 15 is 0 Å². The molecule has 0 radical (unpaired) electrons. The lowest BCUT2D eigenvalue weighted by Gasteiger charge is -2.07. The Morgan fingerprint density at radius 1 is 1.11 bits per heavy atom. The van der Waals surface area contributed by atoms with E-state index in [2.05, 4.69) is 10.3 Å². The van der Waals surface area contributed by atoms with Crippen LogP contribution in [0.1, 0.15) is 11.4 Å². The minimum Gasteiger partial charge on any atom is -0.487 e. The van der Waals surface area contributed by atoms with E-state index in [9.17, 15) is 4.39 Å². The second-order valence-corrected chi connectivity index (χ2v) is 3.89. The fraction of sp³-hybridized carbons (Fsp3) is 0.214. The lowest BCUT2D eigenvalue weighted by Crippen LogP contribution is -2.08. The average molecular weight is 246 g/mol. The molecular weight excluding hydrogens is 231 g/mol. The molecule has 0 bridgehead atoms. The van der Waals surface area contributed by atoms with Crippen LogP contribution in [0.2, 0.25) is 0 Å². The van der Waals surface area contributed by atoms with Crippen LogP contribution in [0.5, 0.6) is 5.75 Å². The van der Waals surface area contributed by atoms with Crippen LogP contribution in [0.15, 0.2) is 42.5 Å². The smallest absolute Gasteiger partial charge is 0.130 e. The number of nitrogens with one attached hydrogen (secondary N) is 1. The van der Waals surface area contributed by atoms with Crippen molar-refractivity contribution in [3.8, 4) is 5.75 Å². The molecule has 0 saturated carbocycles. The Morgan fingerprint density at radius 3 is 2.56 bits per heavy atom. The summed E-state index contributed by atoms with van der Waals surface area (Å²) in [6.45, 7) is 1.10. The van der Waals surface area contributed by atoms with Crippen LogP contribution in [0.4, 0.5) is 4.39 Å². The first-order valence-electron chi connectivity index (χ1n) is 5.76. The normalized spacial score (nSPS) is 10.3. The van der Waals surface area contributed by atoms with Crippen LogP contribution in [0.3, 0.4) is 0 Å². The minimum atomic E-state index is -0.267. The zero-order chi connectivity index (χ0) is 12.8. The van der Waals surface area contributed by atoms with Gasteiger partial charge in [-0.15, -0.1) is 0 Å². The Labute approximate surface area is 106 Å². The molecule has 0 aliphatic heterocycles.